The van der Waals surface area contributed by atoms with Crippen LogP contribution in [0.15, 0.2) is 30.3 Å². The van der Waals surface area contributed by atoms with E-state index in [1.807, 2.05) is 16.7 Å². The Balaban J connectivity index is 1.65. The van der Waals surface area contributed by atoms with E-state index in [9.17, 15) is 5.11 Å². The van der Waals surface area contributed by atoms with Gasteiger partial charge in [0.05, 0.1) is 26.8 Å². The molecule has 3 aromatic rings. The largest absolute Gasteiger partial charge is 0.497 e. The lowest BCUT2D eigenvalue weighted by Gasteiger charge is -2.41. The Bertz CT molecular complexity index is 1090. The van der Waals surface area contributed by atoms with Crippen molar-refractivity contribution in [2.24, 2.45) is 0 Å². The van der Waals surface area contributed by atoms with E-state index < -0.39 is 0 Å². The van der Waals surface area contributed by atoms with Crippen molar-refractivity contribution in [3.63, 3.8) is 0 Å². The van der Waals surface area contributed by atoms with Gasteiger partial charge in [-0.3, -0.25) is 4.90 Å². The first-order chi connectivity index (χ1) is 14.2. The van der Waals surface area contributed by atoms with Crippen LogP contribution >= 0.6 is 0 Å². The molecular formula is C23H26N2O4. The Hall–Kier alpha value is -2.70. The summed E-state index contributed by atoms with van der Waals surface area (Å²) >= 11 is 0. The van der Waals surface area contributed by atoms with E-state index in [4.69, 9.17) is 14.2 Å². The van der Waals surface area contributed by atoms with E-state index in [1.54, 1.807) is 21.3 Å². The van der Waals surface area contributed by atoms with Gasteiger partial charge in [0.1, 0.15) is 12.5 Å². The number of aliphatic hydroxyl groups is 1. The van der Waals surface area contributed by atoms with Crippen LogP contribution in [0.4, 0.5) is 0 Å². The summed E-state index contributed by atoms with van der Waals surface area (Å²) in [6, 6.07) is 10.6. The second-order valence-electron chi connectivity index (χ2n) is 7.72. The van der Waals surface area contributed by atoms with Gasteiger partial charge in [-0.05, 0) is 59.9 Å². The summed E-state index contributed by atoms with van der Waals surface area (Å²) in [7, 11) is 5.06. The van der Waals surface area contributed by atoms with Gasteiger partial charge >= 0.3 is 0 Å². The molecule has 2 aromatic carbocycles. The zero-order valence-corrected chi connectivity index (χ0v) is 17.1. The van der Waals surface area contributed by atoms with Gasteiger partial charge < -0.3 is 23.9 Å². The van der Waals surface area contributed by atoms with E-state index in [-0.39, 0.29) is 12.8 Å². The molecule has 2 aliphatic rings. The molecule has 0 aliphatic carbocycles. The second-order valence-corrected chi connectivity index (χ2v) is 7.72. The predicted octanol–water partition coefficient (Wildman–Crippen LogP) is 3.27. The molecule has 0 saturated heterocycles. The summed E-state index contributed by atoms with van der Waals surface area (Å²) in [5, 5.41) is 11.2. The van der Waals surface area contributed by atoms with Crippen molar-refractivity contribution in [3.05, 3.63) is 52.7 Å². The first-order valence-electron chi connectivity index (χ1n) is 9.96. The Labute approximate surface area is 170 Å². The average molecular weight is 394 g/mol. The van der Waals surface area contributed by atoms with Crippen LogP contribution in [0.25, 0.3) is 10.9 Å². The van der Waals surface area contributed by atoms with Gasteiger partial charge in [0.2, 0.25) is 0 Å². The predicted molar refractivity (Wildman–Crippen MR) is 111 cm³/mol. The highest BCUT2D eigenvalue weighted by Gasteiger charge is 2.35. The summed E-state index contributed by atoms with van der Waals surface area (Å²) in [6.07, 6.45) is 1.88. The fourth-order valence-corrected chi connectivity index (χ4v) is 5.05. The van der Waals surface area contributed by atoms with Crippen molar-refractivity contribution < 1.29 is 19.3 Å². The molecular weight excluding hydrogens is 368 g/mol. The van der Waals surface area contributed by atoms with Gasteiger partial charge in [-0.25, -0.2) is 0 Å². The van der Waals surface area contributed by atoms with E-state index in [2.05, 4.69) is 23.1 Å². The number of hydrogen-bond acceptors (Lipinski definition) is 5. The smallest absolute Gasteiger partial charge is 0.161 e. The lowest BCUT2D eigenvalue weighted by Crippen LogP contribution is -2.39. The molecule has 6 nitrogen and oxygen atoms in total. The van der Waals surface area contributed by atoms with Gasteiger partial charge in [-0.1, -0.05) is 0 Å². The topological polar surface area (TPSA) is 56.1 Å². The highest BCUT2D eigenvalue weighted by molar-refractivity contribution is 5.87. The summed E-state index contributed by atoms with van der Waals surface area (Å²) in [4.78, 5) is 2.51. The van der Waals surface area contributed by atoms with Crippen molar-refractivity contribution >= 4 is 10.9 Å². The molecule has 0 radical (unpaired) electrons. The van der Waals surface area contributed by atoms with Crippen LogP contribution < -0.4 is 14.2 Å². The summed E-state index contributed by atoms with van der Waals surface area (Å²) in [5.74, 6) is 2.41. The van der Waals surface area contributed by atoms with Crippen molar-refractivity contribution in [2.75, 3.05) is 27.9 Å². The van der Waals surface area contributed by atoms with Crippen molar-refractivity contribution in [3.8, 4) is 17.2 Å². The van der Waals surface area contributed by atoms with E-state index in [0.29, 0.717) is 0 Å². The molecule has 0 bridgehead atoms. The number of ether oxygens (including phenoxy) is 3. The highest BCUT2D eigenvalue weighted by atomic mass is 16.5. The van der Waals surface area contributed by atoms with Crippen LogP contribution in [0, 0.1) is 0 Å². The zero-order valence-electron chi connectivity index (χ0n) is 17.1. The first-order valence-corrected chi connectivity index (χ1v) is 9.96. The maximum atomic E-state index is 10.1. The maximum absolute atomic E-state index is 10.1. The normalized spacial score (nSPS) is 18.1. The molecule has 5 rings (SSSR count). The quantitative estimate of drug-likeness (QED) is 0.736. The minimum absolute atomic E-state index is 0.0156. The SMILES string of the molecule is COc1ccc2c(c1)c1c(n2CO)CN2CCc3cc(OC)c(OC)cc3C2C1. The zero-order chi connectivity index (χ0) is 20.1. The van der Waals surface area contributed by atoms with Crippen LogP contribution in [-0.2, 0) is 26.1 Å². The van der Waals surface area contributed by atoms with Crippen LogP contribution in [0.2, 0.25) is 0 Å². The molecule has 0 spiro atoms. The molecule has 3 heterocycles. The molecule has 1 aromatic heterocycles. The third-order valence-corrected chi connectivity index (χ3v) is 6.50. The number of rotatable bonds is 4. The van der Waals surface area contributed by atoms with Gasteiger partial charge in [-0.15, -0.1) is 0 Å². The van der Waals surface area contributed by atoms with Gasteiger partial charge in [0, 0.05) is 30.2 Å². The Morgan fingerprint density at radius 2 is 1.83 bits per heavy atom. The monoisotopic (exact) mass is 394 g/mol. The van der Waals surface area contributed by atoms with E-state index in [1.165, 1.54) is 27.8 Å². The Morgan fingerprint density at radius 3 is 2.55 bits per heavy atom. The van der Waals surface area contributed by atoms with Crippen LogP contribution in [-0.4, -0.2) is 42.4 Å². The summed E-state index contributed by atoms with van der Waals surface area (Å²) in [5.41, 5.74) is 6.21. The van der Waals surface area contributed by atoms with Crippen molar-refractivity contribution in [1.82, 2.24) is 9.47 Å². The maximum Gasteiger partial charge on any atom is 0.161 e. The number of methoxy groups -OCH3 is 3. The fraction of sp³-hybridized carbons (Fsp3) is 0.391. The minimum Gasteiger partial charge on any atom is -0.497 e. The molecule has 1 atom stereocenters. The molecule has 0 saturated carbocycles. The van der Waals surface area contributed by atoms with E-state index in [0.717, 1.165) is 48.7 Å². The first kappa shape index (κ1) is 18.3. The molecule has 1 unspecified atom stereocenters. The number of aromatic nitrogens is 1. The number of aliphatic hydroxyl groups excluding tert-OH is 1. The Morgan fingerprint density at radius 1 is 1.03 bits per heavy atom. The van der Waals surface area contributed by atoms with Crippen LogP contribution in [0.1, 0.15) is 28.4 Å². The lowest BCUT2D eigenvalue weighted by atomic mass is 9.85. The van der Waals surface area contributed by atoms with E-state index >= 15 is 0 Å². The van der Waals surface area contributed by atoms with Gasteiger partial charge in [0.25, 0.3) is 0 Å². The number of nitrogens with zero attached hydrogens (tertiary/aromatic N) is 2. The molecule has 6 heteroatoms. The molecule has 29 heavy (non-hydrogen) atoms. The molecule has 0 fully saturated rings. The molecule has 1 N–H and O–H groups in total. The minimum atomic E-state index is -0.0156. The van der Waals surface area contributed by atoms with Gasteiger partial charge in [0.15, 0.2) is 11.5 Å². The number of benzene rings is 2. The van der Waals surface area contributed by atoms with Crippen LogP contribution in [0.3, 0.4) is 0 Å². The molecule has 0 amide bonds. The highest BCUT2D eigenvalue weighted by Crippen LogP contribution is 2.44. The van der Waals surface area contributed by atoms with Crippen LogP contribution in [0.5, 0.6) is 17.2 Å². The van der Waals surface area contributed by atoms with Crippen molar-refractivity contribution in [2.45, 2.75) is 32.2 Å². The standard InChI is InChI=1S/C23H26N2O4/c1-27-15-4-5-19-17(9-15)18-10-20-16-11-23(29-3)22(28-2)8-14(16)6-7-24(20)12-21(18)25(19)13-26/h4-5,8-9,11,20,26H,6-7,10,12-13H2,1-3H3. The second kappa shape index (κ2) is 6.97. The fourth-order valence-electron chi connectivity index (χ4n) is 5.05. The van der Waals surface area contributed by atoms with Gasteiger partial charge in [-0.2, -0.15) is 0 Å². The third-order valence-electron chi connectivity index (χ3n) is 6.50. The molecule has 152 valence electrons. The lowest BCUT2D eigenvalue weighted by molar-refractivity contribution is 0.145. The molecule has 2 aliphatic heterocycles. The Kier molecular flexibility index (Phi) is 4.41. The average Bonchev–Trinajstić information content (AvgIpc) is 3.08. The number of hydrogen-bond donors (Lipinski definition) is 1. The third kappa shape index (κ3) is 2.70. The van der Waals surface area contributed by atoms with Crippen molar-refractivity contribution in [1.29, 1.82) is 0 Å². The number of fused-ring (bicyclic) bond motifs is 6. The summed E-state index contributed by atoms with van der Waals surface area (Å²) < 4.78 is 18.6. The summed E-state index contributed by atoms with van der Waals surface area (Å²) in [6.45, 7) is 1.80.